The lowest BCUT2D eigenvalue weighted by molar-refractivity contribution is -0.116. The third kappa shape index (κ3) is 4.51. The number of ether oxygens (including phenoxy) is 1. The van der Waals surface area contributed by atoms with Crippen molar-refractivity contribution in [1.82, 2.24) is 15.3 Å². The Bertz CT molecular complexity index is 1100. The SMILES string of the molecule is COC(=O)c1cncc(/C=C/C(=O)NCCc2c(C)[nH]c3c(F)ccc(C)c23)c1. The van der Waals surface area contributed by atoms with E-state index in [1.54, 1.807) is 24.4 Å². The number of halogens is 1. The highest BCUT2D eigenvalue weighted by Crippen LogP contribution is 2.27. The van der Waals surface area contributed by atoms with Gasteiger partial charge in [-0.05, 0) is 55.2 Å². The van der Waals surface area contributed by atoms with Crippen LogP contribution in [0.4, 0.5) is 4.39 Å². The molecule has 0 saturated carbocycles. The number of carbonyl (C=O) groups excluding carboxylic acids is 2. The van der Waals surface area contributed by atoms with Crippen LogP contribution < -0.4 is 5.32 Å². The zero-order chi connectivity index (χ0) is 21.0. The lowest BCUT2D eigenvalue weighted by atomic mass is 10.0. The maximum absolute atomic E-state index is 14.0. The van der Waals surface area contributed by atoms with Gasteiger partial charge in [-0.2, -0.15) is 0 Å². The number of hydrogen-bond donors (Lipinski definition) is 2. The van der Waals surface area contributed by atoms with Crippen molar-refractivity contribution in [2.24, 2.45) is 0 Å². The zero-order valence-corrected chi connectivity index (χ0v) is 16.5. The number of nitrogens with zero attached hydrogens (tertiary/aromatic N) is 1. The van der Waals surface area contributed by atoms with Gasteiger partial charge in [-0.15, -0.1) is 0 Å². The van der Waals surface area contributed by atoms with Crippen LogP contribution in [-0.2, 0) is 16.0 Å². The molecular formula is C22H22FN3O3. The van der Waals surface area contributed by atoms with Gasteiger partial charge in [0.15, 0.2) is 0 Å². The molecule has 0 saturated heterocycles. The molecule has 1 aromatic carbocycles. The molecule has 7 heteroatoms. The molecule has 3 rings (SSSR count). The van der Waals surface area contributed by atoms with Crippen LogP contribution in [0.3, 0.4) is 0 Å². The van der Waals surface area contributed by atoms with Crippen LogP contribution in [0, 0.1) is 19.7 Å². The van der Waals surface area contributed by atoms with Crippen molar-refractivity contribution in [3.05, 3.63) is 70.4 Å². The van der Waals surface area contributed by atoms with Crippen LogP contribution in [0.5, 0.6) is 0 Å². The normalized spacial score (nSPS) is 11.2. The number of rotatable bonds is 6. The number of methoxy groups -OCH3 is 1. The first-order valence-electron chi connectivity index (χ1n) is 9.16. The van der Waals surface area contributed by atoms with Crippen LogP contribution in [0.25, 0.3) is 17.0 Å². The number of amides is 1. The Morgan fingerprint density at radius 3 is 2.83 bits per heavy atom. The molecule has 6 nitrogen and oxygen atoms in total. The minimum atomic E-state index is -0.488. The molecule has 150 valence electrons. The van der Waals surface area contributed by atoms with Gasteiger partial charge in [0.1, 0.15) is 5.82 Å². The van der Waals surface area contributed by atoms with Gasteiger partial charge in [0.25, 0.3) is 0 Å². The summed E-state index contributed by atoms with van der Waals surface area (Å²) >= 11 is 0. The molecule has 0 radical (unpaired) electrons. The third-order valence-corrected chi connectivity index (χ3v) is 4.71. The second-order valence-corrected chi connectivity index (χ2v) is 6.72. The molecule has 0 spiro atoms. The second kappa shape index (κ2) is 8.68. The molecule has 0 aliphatic carbocycles. The van der Waals surface area contributed by atoms with Crippen LogP contribution in [0.1, 0.15) is 32.7 Å². The summed E-state index contributed by atoms with van der Waals surface area (Å²) < 4.78 is 18.7. The first kappa shape index (κ1) is 20.3. The third-order valence-electron chi connectivity index (χ3n) is 4.71. The fourth-order valence-electron chi connectivity index (χ4n) is 3.28. The second-order valence-electron chi connectivity index (χ2n) is 6.72. The van der Waals surface area contributed by atoms with E-state index < -0.39 is 5.97 Å². The van der Waals surface area contributed by atoms with Crippen LogP contribution in [-0.4, -0.2) is 35.5 Å². The lowest BCUT2D eigenvalue weighted by Gasteiger charge is -2.05. The monoisotopic (exact) mass is 395 g/mol. The fraction of sp³-hybridized carbons (Fsp3) is 0.227. The minimum Gasteiger partial charge on any atom is -0.465 e. The number of benzene rings is 1. The summed E-state index contributed by atoms with van der Waals surface area (Å²) in [5, 5.41) is 3.69. The van der Waals surface area contributed by atoms with Crippen molar-refractivity contribution in [2.75, 3.05) is 13.7 Å². The molecular weight excluding hydrogens is 373 g/mol. The van der Waals surface area contributed by atoms with E-state index in [1.165, 1.54) is 25.4 Å². The van der Waals surface area contributed by atoms with Gasteiger partial charge in [0.2, 0.25) is 5.91 Å². The van der Waals surface area contributed by atoms with Gasteiger partial charge in [0, 0.05) is 36.1 Å². The van der Waals surface area contributed by atoms with Crippen LogP contribution >= 0.6 is 0 Å². The summed E-state index contributed by atoms with van der Waals surface area (Å²) in [6.07, 6.45) is 6.48. The number of aromatic amines is 1. The highest BCUT2D eigenvalue weighted by atomic mass is 19.1. The first-order chi connectivity index (χ1) is 13.9. The van der Waals surface area contributed by atoms with E-state index >= 15 is 0 Å². The van der Waals surface area contributed by atoms with E-state index in [0.717, 1.165) is 22.2 Å². The predicted molar refractivity (Wildman–Crippen MR) is 109 cm³/mol. The molecule has 0 atom stereocenters. The predicted octanol–water partition coefficient (Wildman–Crippen LogP) is 3.48. The van der Waals surface area contributed by atoms with Crippen molar-refractivity contribution in [3.8, 4) is 0 Å². The Balaban J connectivity index is 1.63. The maximum Gasteiger partial charge on any atom is 0.339 e. The molecule has 2 heterocycles. The highest BCUT2D eigenvalue weighted by Gasteiger charge is 2.13. The first-order valence-corrected chi connectivity index (χ1v) is 9.16. The van der Waals surface area contributed by atoms with Crippen molar-refractivity contribution >= 4 is 28.9 Å². The minimum absolute atomic E-state index is 0.270. The number of nitrogens with one attached hydrogen (secondary N) is 2. The Morgan fingerprint density at radius 2 is 2.07 bits per heavy atom. The van der Waals surface area contributed by atoms with Gasteiger partial charge in [-0.1, -0.05) is 6.07 Å². The maximum atomic E-state index is 14.0. The zero-order valence-electron chi connectivity index (χ0n) is 16.5. The number of H-pyrrole nitrogens is 1. The smallest absolute Gasteiger partial charge is 0.339 e. The van der Waals surface area contributed by atoms with Crippen LogP contribution in [0.15, 0.2) is 36.7 Å². The Morgan fingerprint density at radius 1 is 1.28 bits per heavy atom. The number of esters is 1. The average molecular weight is 395 g/mol. The molecule has 0 aliphatic rings. The van der Waals surface area contributed by atoms with Gasteiger partial charge in [-0.3, -0.25) is 9.78 Å². The topological polar surface area (TPSA) is 84.1 Å². The lowest BCUT2D eigenvalue weighted by Crippen LogP contribution is -2.23. The molecule has 0 aliphatic heterocycles. The van der Waals surface area contributed by atoms with Crippen molar-refractivity contribution in [1.29, 1.82) is 0 Å². The number of aryl methyl sites for hydroxylation is 2. The van der Waals surface area contributed by atoms with E-state index in [4.69, 9.17) is 0 Å². The Labute approximate surface area is 167 Å². The van der Waals surface area contributed by atoms with Crippen molar-refractivity contribution in [3.63, 3.8) is 0 Å². The molecule has 3 aromatic rings. The van der Waals surface area contributed by atoms with E-state index in [9.17, 15) is 14.0 Å². The van der Waals surface area contributed by atoms with E-state index in [2.05, 4.69) is 20.0 Å². The van der Waals surface area contributed by atoms with Crippen LogP contribution in [0.2, 0.25) is 0 Å². The van der Waals surface area contributed by atoms with E-state index in [-0.39, 0.29) is 11.7 Å². The average Bonchev–Trinajstić information content (AvgIpc) is 3.06. The summed E-state index contributed by atoms with van der Waals surface area (Å²) in [6, 6.07) is 4.80. The highest BCUT2D eigenvalue weighted by molar-refractivity contribution is 5.93. The van der Waals surface area contributed by atoms with Crippen molar-refractivity contribution in [2.45, 2.75) is 20.3 Å². The number of aromatic nitrogens is 2. The van der Waals surface area contributed by atoms with Gasteiger partial charge in [-0.25, -0.2) is 9.18 Å². The molecule has 0 bridgehead atoms. The molecule has 1 amide bonds. The summed E-state index contributed by atoms with van der Waals surface area (Å²) in [5.74, 6) is -1.04. The number of pyridine rings is 1. The number of carbonyl (C=O) groups is 2. The summed E-state index contributed by atoms with van der Waals surface area (Å²) in [5.41, 5.74) is 4.31. The summed E-state index contributed by atoms with van der Waals surface area (Å²) in [7, 11) is 1.30. The Kier molecular flexibility index (Phi) is 6.07. The molecule has 29 heavy (non-hydrogen) atoms. The quantitative estimate of drug-likeness (QED) is 0.494. The number of fused-ring (bicyclic) bond motifs is 1. The van der Waals surface area contributed by atoms with E-state index in [0.29, 0.717) is 29.6 Å². The molecule has 0 fully saturated rings. The van der Waals surface area contributed by atoms with Gasteiger partial charge < -0.3 is 15.0 Å². The molecule has 0 unspecified atom stereocenters. The van der Waals surface area contributed by atoms with E-state index in [1.807, 2.05) is 13.8 Å². The fourth-order valence-corrected chi connectivity index (χ4v) is 3.28. The number of hydrogen-bond acceptors (Lipinski definition) is 4. The van der Waals surface area contributed by atoms with Gasteiger partial charge >= 0.3 is 5.97 Å². The standard InChI is InChI=1S/C22H22FN3O3/c1-13-4-6-18(23)21-20(13)17(14(2)26-21)8-9-25-19(27)7-5-15-10-16(12-24-11-15)22(28)29-3/h4-7,10-12,26H,8-9H2,1-3H3,(H,25,27)/b7-5+. The molecule has 2 aromatic heterocycles. The van der Waals surface area contributed by atoms with Gasteiger partial charge in [0.05, 0.1) is 18.2 Å². The summed E-state index contributed by atoms with van der Waals surface area (Å²) in [4.78, 5) is 30.7. The Hall–Kier alpha value is -3.48. The summed E-state index contributed by atoms with van der Waals surface area (Å²) in [6.45, 7) is 4.25. The van der Waals surface area contributed by atoms with Crippen molar-refractivity contribution < 1.29 is 18.7 Å². The largest absolute Gasteiger partial charge is 0.465 e. The molecule has 2 N–H and O–H groups in total.